The van der Waals surface area contributed by atoms with Gasteiger partial charge in [0, 0.05) is 16.3 Å². The van der Waals surface area contributed by atoms with E-state index in [4.69, 9.17) is 9.47 Å². The lowest BCUT2D eigenvalue weighted by Gasteiger charge is -2.18. The van der Waals surface area contributed by atoms with E-state index in [1.54, 1.807) is 24.3 Å². The smallest absolute Gasteiger partial charge is 0.263 e. The molecule has 4 aromatic rings. The Bertz CT molecular complexity index is 1400. The summed E-state index contributed by atoms with van der Waals surface area (Å²) in [6, 6.07) is 28.2. The second-order valence-electron chi connectivity index (χ2n) is 8.79. The van der Waals surface area contributed by atoms with Gasteiger partial charge in [-0.1, -0.05) is 48.5 Å². The molecule has 4 rings (SSSR count). The topological polar surface area (TPSA) is 76.7 Å². The lowest BCUT2D eigenvalue weighted by atomic mass is 10.1. The van der Waals surface area contributed by atoms with Crippen LogP contribution in [0.4, 0.5) is 11.4 Å². The molecular weight excluding hydrogens is 496 g/mol. The minimum atomic E-state index is -0.503. The molecule has 0 aliphatic heterocycles. The maximum atomic E-state index is 13.5. The highest BCUT2D eigenvalue weighted by Gasteiger charge is 2.23. The minimum absolute atomic E-state index is 0.126. The molecular formula is C31H30N2O4S. The van der Waals surface area contributed by atoms with Crippen LogP contribution in [0.25, 0.3) is 0 Å². The highest BCUT2D eigenvalue weighted by molar-refractivity contribution is 8.00. The number of thioether (sulfide) groups is 1. The van der Waals surface area contributed by atoms with E-state index in [0.717, 1.165) is 27.3 Å². The Balaban J connectivity index is 1.58. The third-order valence-corrected chi connectivity index (χ3v) is 7.08. The largest absolute Gasteiger partial charge is 0.496 e. The summed E-state index contributed by atoms with van der Waals surface area (Å²) in [6.07, 6.45) is 0. The Labute approximate surface area is 227 Å². The molecule has 0 spiro atoms. The van der Waals surface area contributed by atoms with Crippen LogP contribution in [0, 0.1) is 13.8 Å². The number of hydrogen-bond acceptors (Lipinski definition) is 5. The molecule has 0 saturated heterocycles. The molecule has 0 aliphatic rings. The number of nitrogens with one attached hydrogen (secondary N) is 2. The van der Waals surface area contributed by atoms with E-state index in [9.17, 15) is 9.59 Å². The molecule has 0 fully saturated rings. The number of amides is 2. The van der Waals surface area contributed by atoms with Gasteiger partial charge in [0.15, 0.2) is 0 Å². The van der Waals surface area contributed by atoms with Crippen LogP contribution < -0.4 is 20.1 Å². The van der Waals surface area contributed by atoms with Crippen molar-refractivity contribution >= 4 is 35.0 Å². The first-order chi connectivity index (χ1) is 18.4. The lowest BCUT2D eigenvalue weighted by Crippen LogP contribution is -2.19. The standard InChI is InChI=1S/C31H30N2O4S/c1-20-16-21(2)18-24(17-20)33-31(35)29(22-10-6-5-7-11-22)38-25-13-8-12-23(19-25)32-30(34)28-26(36-3)14-9-15-27(28)37-4/h5-19,29H,1-4H3,(H,32,34)(H,33,35). The van der Waals surface area contributed by atoms with Crippen molar-refractivity contribution in [1.29, 1.82) is 0 Å². The molecule has 0 radical (unpaired) electrons. The molecule has 0 bridgehead atoms. The molecule has 194 valence electrons. The van der Waals surface area contributed by atoms with Crippen molar-refractivity contribution < 1.29 is 19.1 Å². The van der Waals surface area contributed by atoms with Crippen LogP contribution in [0.3, 0.4) is 0 Å². The second kappa shape index (κ2) is 12.3. The van der Waals surface area contributed by atoms with Crippen LogP contribution in [0.5, 0.6) is 11.5 Å². The van der Waals surface area contributed by atoms with Crippen molar-refractivity contribution in [3.63, 3.8) is 0 Å². The quantitative estimate of drug-likeness (QED) is 0.229. The fourth-order valence-electron chi connectivity index (χ4n) is 4.21. The predicted octanol–water partition coefficient (Wildman–Crippen LogP) is 7.05. The molecule has 0 heterocycles. The van der Waals surface area contributed by atoms with Crippen molar-refractivity contribution in [1.82, 2.24) is 0 Å². The zero-order valence-corrected chi connectivity index (χ0v) is 22.6. The number of aryl methyl sites for hydroxylation is 2. The summed E-state index contributed by atoms with van der Waals surface area (Å²) in [6.45, 7) is 4.01. The van der Waals surface area contributed by atoms with E-state index in [1.165, 1.54) is 26.0 Å². The fraction of sp³-hybridized carbons (Fsp3) is 0.161. The number of benzene rings is 4. The van der Waals surface area contributed by atoms with Crippen molar-refractivity contribution in [2.24, 2.45) is 0 Å². The SMILES string of the molecule is COc1cccc(OC)c1C(=O)Nc1cccc(SC(C(=O)Nc2cc(C)cc(C)c2)c2ccccc2)c1. The van der Waals surface area contributed by atoms with Crippen molar-refractivity contribution in [3.8, 4) is 11.5 Å². The molecule has 1 atom stereocenters. The first-order valence-electron chi connectivity index (χ1n) is 12.1. The van der Waals surface area contributed by atoms with E-state index in [2.05, 4.69) is 16.7 Å². The highest BCUT2D eigenvalue weighted by Crippen LogP contribution is 2.37. The third-order valence-electron chi connectivity index (χ3n) is 5.83. The average Bonchev–Trinajstić information content (AvgIpc) is 2.91. The predicted molar refractivity (Wildman–Crippen MR) is 154 cm³/mol. The van der Waals surface area contributed by atoms with Gasteiger partial charge in [0.05, 0.1) is 14.2 Å². The van der Waals surface area contributed by atoms with E-state index < -0.39 is 5.25 Å². The van der Waals surface area contributed by atoms with Crippen LogP contribution in [0.15, 0.2) is 95.9 Å². The Kier molecular flexibility index (Phi) is 8.71. The van der Waals surface area contributed by atoms with Gasteiger partial charge < -0.3 is 20.1 Å². The lowest BCUT2D eigenvalue weighted by molar-refractivity contribution is -0.115. The van der Waals surface area contributed by atoms with Gasteiger partial charge in [-0.2, -0.15) is 0 Å². The molecule has 38 heavy (non-hydrogen) atoms. The Morgan fingerprint density at radius 3 is 1.97 bits per heavy atom. The Morgan fingerprint density at radius 1 is 0.711 bits per heavy atom. The monoisotopic (exact) mass is 526 g/mol. The molecule has 7 heteroatoms. The molecule has 4 aromatic carbocycles. The van der Waals surface area contributed by atoms with Gasteiger partial charge in [-0.05, 0) is 73.0 Å². The molecule has 2 amide bonds. The zero-order valence-electron chi connectivity index (χ0n) is 21.8. The third kappa shape index (κ3) is 6.55. The molecule has 0 aromatic heterocycles. The minimum Gasteiger partial charge on any atom is -0.496 e. The number of ether oxygens (including phenoxy) is 2. The van der Waals surface area contributed by atoms with Crippen LogP contribution in [0.2, 0.25) is 0 Å². The second-order valence-corrected chi connectivity index (χ2v) is 9.97. The summed E-state index contributed by atoms with van der Waals surface area (Å²) < 4.78 is 10.7. The molecule has 0 aliphatic carbocycles. The first-order valence-corrected chi connectivity index (χ1v) is 13.0. The number of anilines is 2. The van der Waals surface area contributed by atoms with Crippen molar-refractivity contribution in [3.05, 3.63) is 113 Å². The van der Waals surface area contributed by atoms with Crippen LogP contribution in [-0.2, 0) is 4.79 Å². The number of carbonyl (C=O) groups is 2. The normalized spacial score (nSPS) is 11.4. The highest BCUT2D eigenvalue weighted by atomic mass is 32.2. The molecule has 2 N–H and O–H groups in total. The summed E-state index contributed by atoms with van der Waals surface area (Å²) >= 11 is 1.42. The van der Waals surface area contributed by atoms with Crippen LogP contribution in [-0.4, -0.2) is 26.0 Å². The Hall–Kier alpha value is -4.23. The van der Waals surface area contributed by atoms with Gasteiger partial charge in [0.2, 0.25) is 5.91 Å². The first kappa shape index (κ1) is 26.8. The summed E-state index contributed by atoms with van der Waals surface area (Å²) in [5.41, 5.74) is 4.71. The van der Waals surface area contributed by atoms with Gasteiger partial charge in [0.25, 0.3) is 5.91 Å². The van der Waals surface area contributed by atoms with Crippen LogP contribution in [0.1, 0.15) is 32.3 Å². The number of hydrogen-bond donors (Lipinski definition) is 2. The van der Waals surface area contributed by atoms with Gasteiger partial charge in [-0.25, -0.2) is 0 Å². The summed E-state index contributed by atoms with van der Waals surface area (Å²) in [5, 5.41) is 5.51. The summed E-state index contributed by atoms with van der Waals surface area (Å²) in [5.74, 6) is 0.354. The van der Waals surface area contributed by atoms with E-state index in [-0.39, 0.29) is 11.8 Å². The van der Waals surface area contributed by atoms with E-state index in [1.807, 2.05) is 74.5 Å². The zero-order chi connectivity index (χ0) is 27.1. The van der Waals surface area contributed by atoms with Gasteiger partial charge in [-0.3, -0.25) is 9.59 Å². The van der Waals surface area contributed by atoms with Crippen molar-refractivity contribution in [2.75, 3.05) is 24.9 Å². The number of methoxy groups -OCH3 is 2. The van der Waals surface area contributed by atoms with E-state index >= 15 is 0 Å². The van der Waals surface area contributed by atoms with Crippen molar-refractivity contribution in [2.45, 2.75) is 24.0 Å². The molecule has 0 saturated carbocycles. The maximum Gasteiger partial charge on any atom is 0.263 e. The summed E-state index contributed by atoms with van der Waals surface area (Å²) in [4.78, 5) is 27.5. The maximum absolute atomic E-state index is 13.5. The van der Waals surface area contributed by atoms with Gasteiger partial charge >= 0.3 is 0 Å². The fourth-order valence-corrected chi connectivity index (χ4v) is 5.29. The average molecular weight is 527 g/mol. The number of carbonyl (C=O) groups excluding carboxylic acids is 2. The molecule has 6 nitrogen and oxygen atoms in total. The van der Waals surface area contributed by atoms with E-state index in [0.29, 0.717) is 22.7 Å². The van der Waals surface area contributed by atoms with Gasteiger partial charge in [0.1, 0.15) is 22.3 Å². The molecule has 1 unspecified atom stereocenters. The number of rotatable bonds is 9. The Morgan fingerprint density at radius 2 is 1.34 bits per heavy atom. The van der Waals surface area contributed by atoms with Gasteiger partial charge in [-0.15, -0.1) is 11.8 Å². The summed E-state index contributed by atoms with van der Waals surface area (Å²) in [7, 11) is 3.02. The van der Waals surface area contributed by atoms with Crippen LogP contribution >= 0.6 is 11.8 Å².